The van der Waals surface area contributed by atoms with Gasteiger partial charge in [-0.05, 0) is 53.0 Å². The lowest BCUT2D eigenvalue weighted by Gasteiger charge is -2.36. The third-order valence-corrected chi connectivity index (χ3v) is 5.08. The first-order valence-corrected chi connectivity index (χ1v) is 8.61. The molecule has 3 rings (SSSR count). The predicted molar refractivity (Wildman–Crippen MR) is 87.0 cm³/mol. The molecule has 0 bridgehead atoms. The fraction of sp³-hybridized carbons (Fsp3) is 0.562. The summed E-state index contributed by atoms with van der Waals surface area (Å²) in [7, 11) is 0. The Morgan fingerprint density at radius 1 is 1.32 bits per heavy atom. The van der Waals surface area contributed by atoms with Crippen LogP contribution in [0.1, 0.15) is 18.4 Å². The number of nitrogens with one attached hydrogen (secondary N) is 1. The zero-order chi connectivity index (χ0) is 15.5. The third kappa shape index (κ3) is 3.67. The van der Waals surface area contributed by atoms with E-state index in [1.807, 2.05) is 11.0 Å². The van der Waals surface area contributed by atoms with Crippen molar-refractivity contribution >= 4 is 21.8 Å². The number of amides is 1. The average Bonchev–Trinajstić information content (AvgIpc) is 3.05. The number of benzene rings is 1. The van der Waals surface area contributed by atoms with Gasteiger partial charge in [0.05, 0.1) is 10.5 Å². The summed E-state index contributed by atoms with van der Waals surface area (Å²) >= 11 is 3.17. The summed E-state index contributed by atoms with van der Waals surface area (Å²) in [5, 5.41) is 3.27. The molecular weight excluding hydrogens is 349 g/mol. The first-order chi connectivity index (χ1) is 10.6. The van der Waals surface area contributed by atoms with Gasteiger partial charge >= 0.3 is 0 Å². The molecule has 2 aliphatic heterocycles. The van der Waals surface area contributed by atoms with Crippen molar-refractivity contribution in [2.75, 3.05) is 32.7 Å². The number of nitrogens with zero attached hydrogens (tertiary/aromatic N) is 2. The summed E-state index contributed by atoms with van der Waals surface area (Å²) in [5.74, 6) is 0.0189. The molecular formula is C16H21BrFN3O. The fourth-order valence-electron chi connectivity index (χ4n) is 3.14. The van der Waals surface area contributed by atoms with Gasteiger partial charge in [-0.3, -0.25) is 9.69 Å². The largest absolute Gasteiger partial charge is 0.339 e. The Balaban J connectivity index is 1.51. The number of carbonyl (C=O) groups excluding carboxylic acids is 1. The molecule has 1 aromatic rings. The maximum atomic E-state index is 13.5. The van der Waals surface area contributed by atoms with E-state index in [0.717, 1.165) is 57.7 Å². The summed E-state index contributed by atoms with van der Waals surface area (Å²) in [6.45, 7) is 4.89. The van der Waals surface area contributed by atoms with Crippen LogP contribution >= 0.6 is 15.9 Å². The normalized spacial score (nSPS) is 23.0. The highest BCUT2D eigenvalue weighted by molar-refractivity contribution is 9.10. The van der Waals surface area contributed by atoms with E-state index < -0.39 is 0 Å². The van der Waals surface area contributed by atoms with Crippen molar-refractivity contribution in [3.05, 3.63) is 34.1 Å². The molecule has 2 aliphatic rings. The Bertz CT molecular complexity index is 540. The summed E-state index contributed by atoms with van der Waals surface area (Å²) in [4.78, 5) is 16.6. The molecule has 2 heterocycles. The lowest BCUT2D eigenvalue weighted by atomic mass is 10.1. The summed E-state index contributed by atoms with van der Waals surface area (Å²) in [6, 6.07) is 5.28. The minimum Gasteiger partial charge on any atom is -0.339 e. The van der Waals surface area contributed by atoms with Crippen LogP contribution in [-0.4, -0.2) is 54.5 Å². The molecule has 1 unspecified atom stereocenters. The summed E-state index contributed by atoms with van der Waals surface area (Å²) in [6.07, 6.45) is 2.04. The monoisotopic (exact) mass is 369 g/mol. The van der Waals surface area contributed by atoms with Crippen LogP contribution in [-0.2, 0) is 11.3 Å². The van der Waals surface area contributed by atoms with Gasteiger partial charge < -0.3 is 10.2 Å². The third-order valence-electron chi connectivity index (χ3n) is 4.43. The first-order valence-electron chi connectivity index (χ1n) is 7.82. The molecule has 22 heavy (non-hydrogen) atoms. The van der Waals surface area contributed by atoms with Crippen LogP contribution in [0, 0.1) is 5.82 Å². The molecule has 0 spiro atoms. The molecule has 1 N–H and O–H groups in total. The zero-order valence-electron chi connectivity index (χ0n) is 12.5. The van der Waals surface area contributed by atoms with Gasteiger partial charge in [-0.2, -0.15) is 0 Å². The predicted octanol–water partition coefficient (Wildman–Crippen LogP) is 1.98. The lowest BCUT2D eigenvalue weighted by molar-refractivity contribution is -0.134. The number of halogens is 2. The van der Waals surface area contributed by atoms with Crippen LogP contribution in [0.2, 0.25) is 0 Å². The second kappa shape index (κ2) is 7.06. The molecule has 0 radical (unpaired) electrons. The maximum Gasteiger partial charge on any atom is 0.239 e. The van der Waals surface area contributed by atoms with Crippen molar-refractivity contribution in [3.63, 3.8) is 0 Å². The minimum absolute atomic E-state index is 0.0205. The van der Waals surface area contributed by atoms with E-state index in [9.17, 15) is 9.18 Å². The van der Waals surface area contributed by atoms with Crippen LogP contribution < -0.4 is 5.32 Å². The van der Waals surface area contributed by atoms with E-state index in [1.54, 1.807) is 12.1 Å². The van der Waals surface area contributed by atoms with Crippen molar-refractivity contribution in [2.24, 2.45) is 0 Å². The van der Waals surface area contributed by atoms with Crippen molar-refractivity contribution in [3.8, 4) is 0 Å². The lowest BCUT2D eigenvalue weighted by Crippen LogP contribution is -2.52. The molecule has 0 saturated carbocycles. The zero-order valence-corrected chi connectivity index (χ0v) is 14.1. The van der Waals surface area contributed by atoms with E-state index >= 15 is 0 Å². The van der Waals surface area contributed by atoms with Crippen LogP contribution in [0.15, 0.2) is 22.7 Å². The number of piperazine rings is 1. The van der Waals surface area contributed by atoms with Crippen molar-refractivity contribution in [2.45, 2.75) is 25.4 Å². The van der Waals surface area contributed by atoms with Crippen molar-refractivity contribution in [1.82, 2.24) is 15.1 Å². The molecule has 2 saturated heterocycles. The van der Waals surface area contributed by atoms with Gasteiger partial charge in [-0.1, -0.05) is 6.07 Å². The number of rotatable bonds is 3. The van der Waals surface area contributed by atoms with Gasteiger partial charge in [0, 0.05) is 32.7 Å². The Labute approximate surface area is 138 Å². The SMILES string of the molecule is O=C(C1CCCN1)N1CCN(Cc2ccc(Br)c(F)c2)CC1. The van der Waals surface area contributed by atoms with E-state index in [-0.39, 0.29) is 17.8 Å². The molecule has 1 aromatic carbocycles. The molecule has 0 aromatic heterocycles. The van der Waals surface area contributed by atoms with Crippen molar-refractivity contribution in [1.29, 1.82) is 0 Å². The van der Waals surface area contributed by atoms with Gasteiger partial charge in [-0.15, -0.1) is 0 Å². The van der Waals surface area contributed by atoms with Gasteiger partial charge in [0.25, 0.3) is 0 Å². The average molecular weight is 370 g/mol. The van der Waals surface area contributed by atoms with E-state index in [2.05, 4.69) is 26.1 Å². The molecule has 4 nitrogen and oxygen atoms in total. The Kier molecular flexibility index (Phi) is 5.10. The molecule has 120 valence electrons. The van der Waals surface area contributed by atoms with E-state index in [4.69, 9.17) is 0 Å². The molecule has 0 aliphatic carbocycles. The molecule has 2 fully saturated rings. The molecule has 1 atom stereocenters. The maximum absolute atomic E-state index is 13.5. The Morgan fingerprint density at radius 3 is 2.73 bits per heavy atom. The topological polar surface area (TPSA) is 35.6 Å². The standard InChI is InChI=1S/C16H21BrFN3O/c17-13-4-3-12(10-14(13)18)11-20-6-8-21(9-7-20)16(22)15-2-1-5-19-15/h3-4,10,15,19H,1-2,5-9,11H2. The highest BCUT2D eigenvalue weighted by atomic mass is 79.9. The number of hydrogen-bond donors (Lipinski definition) is 1. The smallest absolute Gasteiger partial charge is 0.239 e. The minimum atomic E-state index is -0.223. The number of carbonyl (C=O) groups is 1. The van der Waals surface area contributed by atoms with Crippen LogP contribution in [0.3, 0.4) is 0 Å². The van der Waals surface area contributed by atoms with E-state index in [0.29, 0.717) is 4.47 Å². The Hall–Kier alpha value is -0.980. The quantitative estimate of drug-likeness (QED) is 0.884. The second-order valence-corrected chi connectivity index (χ2v) is 6.85. The number of hydrogen-bond acceptors (Lipinski definition) is 3. The fourth-order valence-corrected chi connectivity index (χ4v) is 3.38. The van der Waals surface area contributed by atoms with Gasteiger partial charge in [-0.25, -0.2) is 4.39 Å². The van der Waals surface area contributed by atoms with Gasteiger partial charge in [0.15, 0.2) is 0 Å². The molecule has 1 amide bonds. The van der Waals surface area contributed by atoms with Gasteiger partial charge in [0.2, 0.25) is 5.91 Å². The highest BCUT2D eigenvalue weighted by Crippen LogP contribution is 2.18. The highest BCUT2D eigenvalue weighted by Gasteiger charge is 2.29. The van der Waals surface area contributed by atoms with E-state index in [1.165, 1.54) is 0 Å². The summed E-state index contributed by atoms with van der Waals surface area (Å²) < 4.78 is 14.0. The Morgan fingerprint density at radius 2 is 2.09 bits per heavy atom. The van der Waals surface area contributed by atoms with Gasteiger partial charge in [0.1, 0.15) is 5.82 Å². The second-order valence-electron chi connectivity index (χ2n) is 6.00. The first kappa shape index (κ1) is 15.9. The van der Waals surface area contributed by atoms with Crippen LogP contribution in [0.25, 0.3) is 0 Å². The molecule has 6 heteroatoms. The summed E-state index contributed by atoms with van der Waals surface area (Å²) in [5.41, 5.74) is 0.970. The van der Waals surface area contributed by atoms with Crippen molar-refractivity contribution < 1.29 is 9.18 Å². The van der Waals surface area contributed by atoms with Crippen LogP contribution in [0.5, 0.6) is 0 Å². The van der Waals surface area contributed by atoms with Crippen LogP contribution in [0.4, 0.5) is 4.39 Å².